The molecule has 0 atom stereocenters. The van der Waals surface area contributed by atoms with Gasteiger partial charge in [0, 0.05) is 31.6 Å². The summed E-state index contributed by atoms with van der Waals surface area (Å²) in [6, 6.07) is 11.5. The average molecular weight is 361 g/mol. The second-order valence-corrected chi connectivity index (χ2v) is 6.71. The summed E-state index contributed by atoms with van der Waals surface area (Å²) in [5, 5.41) is 9.57. The van der Waals surface area contributed by atoms with Gasteiger partial charge >= 0.3 is 0 Å². The van der Waals surface area contributed by atoms with E-state index in [1.807, 2.05) is 49.3 Å². The van der Waals surface area contributed by atoms with Crippen molar-refractivity contribution in [1.29, 1.82) is 0 Å². The number of thioether (sulfide) groups is 1. The highest BCUT2D eigenvalue weighted by atomic mass is 35.5. The maximum atomic E-state index is 6.20. The Morgan fingerprint density at radius 3 is 2.75 bits per heavy atom. The minimum atomic E-state index is 0.548. The van der Waals surface area contributed by atoms with Crippen LogP contribution in [-0.2, 0) is 5.75 Å². The molecule has 2 heterocycles. The number of nitrogen functional groups attached to an aromatic ring is 1. The fourth-order valence-electron chi connectivity index (χ4n) is 2.14. The van der Waals surface area contributed by atoms with Gasteiger partial charge < -0.3 is 10.7 Å². The van der Waals surface area contributed by atoms with Crippen LogP contribution < -0.4 is 10.7 Å². The van der Waals surface area contributed by atoms with Crippen LogP contribution in [0, 0.1) is 0 Å². The fourth-order valence-corrected chi connectivity index (χ4v) is 3.16. The van der Waals surface area contributed by atoms with Crippen LogP contribution in [0.25, 0.3) is 11.4 Å². The van der Waals surface area contributed by atoms with Crippen molar-refractivity contribution in [3.63, 3.8) is 0 Å². The van der Waals surface area contributed by atoms with E-state index in [0.29, 0.717) is 16.0 Å². The molecule has 0 fully saturated rings. The normalized spacial score (nSPS) is 10.8. The number of anilines is 1. The molecule has 24 heavy (non-hydrogen) atoms. The van der Waals surface area contributed by atoms with Crippen LogP contribution in [0.15, 0.2) is 47.8 Å². The Bertz CT molecular complexity index is 848. The first-order chi connectivity index (χ1) is 11.6. The van der Waals surface area contributed by atoms with Crippen molar-refractivity contribution in [3.8, 4) is 11.4 Å². The van der Waals surface area contributed by atoms with E-state index in [-0.39, 0.29) is 0 Å². The number of hydrogen-bond acceptors (Lipinski definition) is 6. The summed E-state index contributed by atoms with van der Waals surface area (Å²) in [5.74, 6) is 8.33. The zero-order valence-electron chi connectivity index (χ0n) is 13.3. The van der Waals surface area contributed by atoms with E-state index in [2.05, 4.69) is 15.2 Å². The van der Waals surface area contributed by atoms with E-state index in [1.54, 1.807) is 12.3 Å². The van der Waals surface area contributed by atoms with Crippen LogP contribution >= 0.6 is 23.4 Å². The molecule has 124 valence electrons. The molecule has 3 rings (SSSR count). The van der Waals surface area contributed by atoms with E-state index < -0.39 is 0 Å². The molecule has 2 aromatic heterocycles. The molecule has 0 aliphatic carbocycles. The van der Waals surface area contributed by atoms with Gasteiger partial charge in [0.2, 0.25) is 5.16 Å². The van der Waals surface area contributed by atoms with Crippen LogP contribution in [0.1, 0.15) is 5.56 Å². The van der Waals surface area contributed by atoms with Crippen LogP contribution in [0.3, 0.4) is 0 Å². The Morgan fingerprint density at radius 2 is 2.00 bits per heavy atom. The van der Waals surface area contributed by atoms with E-state index in [1.165, 1.54) is 16.4 Å². The number of aromatic nitrogens is 4. The molecule has 0 amide bonds. The fraction of sp³-hybridized carbons (Fsp3) is 0.188. The van der Waals surface area contributed by atoms with Gasteiger partial charge in [-0.2, -0.15) is 0 Å². The third-order valence-corrected chi connectivity index (χ3v) is 4.76. The van der Waals surface area contributed by atoms with Crippen LogP contribution in [-0.4, -0.2) is 34.0 Å². The molecule has 6 nitrogen and oxygen atoms in total. The molecule has 2 N–H and O–H groups in total. The maximum absolute atomic E-state index is 6.20. The minimum Gasteiger partial charge on any atom is -0.363 e. The number of nitrogens with zero attached hydrogens (tertiary/aromatic N) is 5. The number of nitrogens with two attached hydrogens (primary N) is 1. The molecule has 8 heteroatoms. The van der Waals surface area contributed by atoms with E-state index in [9.17, 15) is 0 Å². The lowest BCUT2D eigenvalue weighted by Crippen LogP contribution is -2.12. The molecule has 0 saturated heterocycles. The van der Waals surface area contributed by atoms with E-state index >= 15 is 0 Å². The number of hydrogen-bond donors (Lipinski definition) is 1. The summed E-state index contributed by atoms with van der Waals surface area (Å²) in [6.07, 6.45) is 1.80. The predicted octanol–water partition coefficient (Wildman–Crippen LogP) is 3.07. The summed E-state index contributed by atoms with van der Waals surface area (Å²) >= 11 is 7.72. The molecule has 0 spiro atoms. The molecular formula is C16H17ClN6S. The predicted molar refractivity (Wildman–Crippen MR) is 98.7 cm³/mol. The monoisotopic (exact) mass is 360 g/mol. The molecule has 0 radical (unpaired) electrons. The highest BCUT2D eigenvalue weighted by Crippen LogP contribution is 2.28. The topological polar surface area (TPSA) is 72.9 Å². The molecule has 0 saturated carbocycles. The SMILES string of the molecule is CN(C)c1cc(CSc2nnc(-c3ccccc3Cl)n2N)ccn1. The van der Waals surface area contributed by atoms with Crippen molar-refractivity contribution in [3.05, 3.63) is 53.2 Å². The molecule has 0 aliphatic heterocycles. The first-order valence-electron chi connectivity index (χ1n) is 7.26. The van der Waals surface area contributed by atoms with Crippen LogP contribution in [0.5, 0.6) is 0 Å². The Morgan fingerprint density at radius 1 is 1.21 bits per heavy atom. The Hall–Kier alpha value is -2.25. The highest BCUT2D eigenvalue weighted by Gasteiger charge is 2.14. The van der Waals surface area contributed by atoms with Crippen LogP contribution in [0.4, 0.5) is 5.82 Å². The standard InChI is InChI=1S/C16H17ClN6S/c1-22(2)14-9-11(7-8-19-14)10-24-16-21-20-15(23(16)18)12-5-3-4-6-13(12)17/h3-9H,10,18H2,1-2H3. The number of halogens is 1. The van der Waals surface area contributed by atoms with Gasteiger partial charge in [-0.05, 0) is 29.8 Å². The third kappa shape index (κ3) is 3.47. The quantitative estimate of drug-likeness (QED) is 0.557. The highest BCUT2D eigenvalue weighted by molar-refractivity contribution is 7.98. The summed E-state index contributed by atoms with van der Waals surface area (Å²) in [5.41, 5.74) is 1.90. The Labute approximate surface area is 149 Å². The molecular weight excluding hydrogens is 344 g/mol. The van der Waals surface area contributed by atoms with Gasteiger partial charge in [-0.15, -0.1) is 10.2 Å². The van der Waals surface area contributed by atoms with Gasteiger partial charge in [0.15, 0.2) is 5.82 Å². The number of benzene rings is 1. The van der Waals surface area contributed by atoms with Gasteiger partial charge in [-0.1, -0.05) is 35.5 Å². The van der Waals surface area contributed by atoms with E-state index in [4.69, 9.17) is 17.4 Å². The summed E-state index contributed by atoms with van der Waals surface area (Å²) in [7, 11) is 3.93. The molecule has 0 aliphatic rings. The van der Waals surface area contributed by atoms with Crippen molar-refractivity contribution >= 4 is 29.2 Å². The number of pyridine rings is 1. The lowest BCUT2D eigenvalue weighted by atomic mass is 10.2. The minimum absolute atomic E-state index is 0.548. The Balaban J connectivity index is 1.78. The zero-order chi connectivity index (χ0) is 17.1. The van der Waals surface area contributed by atoms with Gasteiger partial charge in [-0.3, -0.25) is 0 Å². The Kier molecular flexibility index (Phi) is 4.92. The molecule has 0 bridgehead atoms. The zero-order valence-corrected chi connectivity index (χ0v) is 14.9. The van der Waals surface area contributed by atoms with Crippen LogP contribution in [0.2, 0.25) is 5.02 Å². The number of rotatable bonds is 5. The first-order valence-corrected chi connectivity index (χ1v) is 8.63. The second kappa shape index (κ2) is 7.11. The lowest BCUT2D eigenvalue weighted by Gasteiger charge is -2.11. The average Bonchev–Trinajstić information content (AvgIpc) is 2.94. The van der Waals surface area contributed by atoms with Gasteiger partial charge in [-0.25, -0.2) is 9.66 Å². The smallest absolute Gasteiger partial charge is 0.210 e. The van der Waals surface area contributed by atoms with Crippen molar-refractivity contribution in [2.75, 3.05) is 24.8 Å². The largest absolute Gasteiger partial charge is 0.363 e. The van der Waals surface area contributed by atoms with Crippen molar-refractivity contribution in [2.45, 2.75) is 10.9 Å². The first kappa shape index (κ1) is 16.6. The van der Waals surface area contributed by atoms with Crippen molar-refractivity contribution in [2.24, 2.45) is 0 Å². The third-order valence-electron chi connectivity index (χ3n) is 3.42. The maximum Gasteiger partial charge on any atom is 0.210 e. The lowest BCUT2D eigenvalue weighted by molar-refractivity contribution is 0.849. The molecule has 3 aromatic rings. The van der Waals surface area contributed by atoms with Gasteiger partial charge in [0.05, 0.1) is 5.02 Å². The summed E-state index contributed by atoms with van der Waals surface area (Å²) < 4.78 is 1.47. The van der Waals surface area contributed by atoms with Gasteiger partial charge in [0.25, 0.3) is 0 Å². The summed E-state index contributed by atoms with van der Waals surface area (Å²) in [6.45, 7) is 0. The van der Waals surface area contributed by atoms with Crippen molar-refractivity contribution in [1.82, 2.24) is 19.9 Å². The molecule has 1 aromatic carbocycles. The molecule has 0 unspecified atom stereocenters. The van der Waals surface area contributed by atoms with Gasteiger partial charge in [0.1, 0.15) is 5.82 Å². The summed E-state index contributed by atoms with van der Waals surface area (Å²) in [4.78, 5) is 6.28. The van der Waals surface area contributed by atoms with E-state index in [0.717, 1.165) is 22.7 Å². The second-order valence-electron chi connectivity index (χ2n) is 5.36. The van der Waals surface area contributed by atoms with Crippen molar-refractivity contribution < 1.29 is 0 Å².